The van der Waals surface area contributed by atoms with Crippen LogP contribution in [-0.4, -0.2) is 93.2 Å². The number of nitrogens with zero attached hydrogens (tertiary/aromatic N) is 1. The fourth-order valence-corrected chi connectivity index (χ4v) is 7.28. The molecular weight excluding hydrogens is 791 g/mol. The molecule has 0 amide bonds. The van der Waals surface area contributed by atoms with Crippen molar-refractivity contribution in [2.75, 3.05) is 46.1 Å². The summed E-state index contributed by atoms with van der Waals surface area (Å²) in [6.45, 7) is 17.3. The maximum Gasteiger partial charge on any atom is 0.511 e. The molecule has 4 unspecified atom stereocenters. The Labute approximate surface area is 376 Å². The third kappa shape index (κ3) is 27.3. The molecule has 12 heteroatoms. The molecule has 0 spiro atoms. The van der Waals surface area contributed by atoms with Crippen LogP contribution in [0.25, 0.3) is 0 Å². The van der Waals surface area contributed by atoms with Gasteiger partial charge in [0.25, 0.3) is 12.1 Å². The van der Waals surface area contributed by atoms with E-state index in [9.17, 15) is 19.2 Å². The number of hydrogen-bond acceptors (Lipinski definition) is 12. The Bertz CT molecular complexity index is 1200. The molecule has 0 aromatic heterocycles. The largest absolute Gasteiger partial charge is 0.511 e. The highest BCUT2D eigenvalue weighted by atomic mass is 16.8. The monoisotopic (exact) mass is 880 g/mol. The quantitative estimate of drug-likeness (QED) is 0.0192. The minimum atomic E-state index is -1.72. The molecule has 12 nitrogen and oxygen atoms in total. The van der Waals surface area contributed by atoms with Gasteiger partial charge in [-0.05, 0) is 109 Å². The van der Waals surface area contributed by atoms with Gasteiger partial charge >= 0.3 is 24.1 Å². The summed E-state index contributed by atoms with van der Waals surface area (Å²) in [6, 6.07) is 0. The van der Waals surface area contributed by atoms with E-state index < -0.39 is 36.1 Å². The van der Waals surface area contributed by atoms with Gasteiger partial charge in [-0.15, -0.1) is 0 Å². The van der Waals surface area contributed by atoms with Crippen molar-refractivity contribution in [2.24, 2.45) is 11.8 Å². The van der Waals surface area contributed by atoms with E-state index in [4.69, 9.17) is 33.2 Å². The standard InChI is InChI=1S/C50H89NO11/c1-8-14-17-20-23-26-33-44(11-4)60-46(53)35-28-27-34-45(52)56-40-42(7)47(62-49(55)57-41-43-32-31-36-51(13-6)39-43)61-48(54)50(12-5,58-37-29-24-21-18-15-9-2)59-38-30-25-22-19-16-10-3/h15-16,18-19,42-44,47H,8-14,17,20-41H2,1-7H3/b18-15-,19-16-. The third-order valence-electron chi connectivity index (χ3n) is 11.3. The van der Waals surface area contributed by atoms with Crippen molar-refractivity contribution in [3.8, 4) is 0 Å². The van der Waals surface area contributed by atoms with Crippen molar-refractivity contribution in [2.45, 2.75) is 214 Å². The number of likely N-dealkylation sites (tertiary alicyclic amines) is 1. The van der Waals surface area contributed by atoms with Crippen molar-refractivity contribution >= 4 is 24.1 Å². The number of ether oxygens (including phenoxy) is 7. The van der Waals surface area contributed by atoms with E-state index in [2.05, 4.69) is 56.9 Å². The van der Waals surface area contributed by atoms with Gasteiger partial charge < -0.3 is 38.1 Å². The Morgan fingerprint density at radius 2 is 1.32 bits per heavy atom. The van der Waals surface area contributed by atoms with Gasteiger partial charge in [-0.25, -0.2) is 9.59 Å². The number of carbonyl (C=O) groups is 4. The summed E-state index contributed by atoms with van der Waals surface area (Å²) in [5.41, 5.74) is 0. The molecule has 1 rings (SSSR count). The lowest BCUT2D eigenvalue weighted by atomic mass is 9.99. The van der Waals surface area contributed by atoms with Crippen LogP contribution in [0.3, 0.4) is 0 Å². The predicted octanol–water partition coefficient (Wildman–Crippen LogP) is 12.0. The summed E-state index contributed by atoms with van der Waals surface area (Å²) in [7, 11) is 0. The van der Waals surface area contributed by atoms with Crippen LogP contribution in [0.5, 0.6) is 0 Å². The van der Waals surface area contributed by atoms with Crippen molar-refractivity contribution in [1.82, 2.24) is 4.90 Å². The Morgan fingerprint density at radius 3 is 1.92 bits per heavy atom. The van der Waals surface area contributed by atoms with Crippen LogP contribution in [0.2, 0.25) is 0 Å². The number of esters is 3. The third-order valence-corrected chi connectivity index (χ3v) is 11.3. The Hall–Kier alpha value is -2.96. The fraction of sp³-hybridized carbons (Fsp3) is 0.840. The maximum atomic E-state index is 14.2. The smallest absolute Gasteiger partial charge is 0.465 e. The van der Waals surface area contributed by atoms with E-state index in [1.165, 1.54) is 25.7 Å². The molecule has 1 heterocycles. The van der Waals surface area contributed by atoms with Crippen LogP contribution >= 0.6 is 0 Å². The number of rotatable bonds is 38. The molecule has 1 aliphatic rings. The van der Waals surface area contributed by atoms with E-state index in [-0.39, 0.29) is 63.7 Å². The van der Waals surface area contributed by atoms with Gasteiger partial charge in [0.1, 0.15) is 12.7 Å². The normalized spacial score (nSPS) is 16.3. The zero-order chi connectivity index (χ0) is 45.7. The summed E-state index contributed by atoms with van der Waals surface area (Å²) in [6.07, 6.45) is 25.2. The van der Waals surface area contributed by atoms with Crippen LogP contribution in [0.15, 0.2) is 24.3 Å². The van der Waals surface area contributed by atoms with Gasteiger partial charge in [-0.3, -0.25) is 9.59 Å². The minimum Gasteiger partial charge on any atom is -0.465 e. The number of unbranched alkanes of at least 4 members (excludes halogenated alkanes) is 10. The zero-order valence-corrected chi connectivity index (χ0v) is 40.3. The maximum absolute atomic E-state index is 14.2. The highest BCUT2D eigenvalue weighted by Crippen LogP contribution is 2.26. The molecule has 0 N–H and O–H groups in total. The first-order chi connectivity index (χ1) is 30.1. The van der Waals surface area contributed by atoms with Crippen molar-refractivity contribution < 1.29 is 52.3 Å². The molecule has 360 valence electrons. The molecule has 62 heavy (non-hydrogen) atoms. The van der Waals surface area contributed by atoms with Crippen LogP contribution in [0, 0.1) is 11.8 Å². The molecule has 0 radical (unpaired) electrons. The first-order valence-electron chi connectivity index (χ1n) is 24.8. The predicted molar refractivity (Wildman–Crippen MR) is 245 cm³/mol. The first kappa shape index (κ1) is 57.1. The summed E-state index contributed by atoms with van der Waals surface area (Å²) in [5.74, 6) is -3.84. The second kappa shape index (κ2) is 37.4. The highest BCUT2D eigenvalue weighted by Gasteiger charge is 2.44. The van der Waals surface area contributed by atoms with Crippen molar-refractivity contribution in [3.63, 3.8) is 0 Å². The van der Waals surface area contributed by atoms with Gasteiger partial charge in [0.05, 0.1) is 25.7 Å². The minimum absolute atomic E-state index is 0.0723. The molecule has 1 fully saturated rings. The van der Waals surface area contributed by atoms with Gasteiger partial charge in [0.15, 0.2) is 0 Å². The highest BCUT2D eigenvalue weighted by molar-refractivity contribution is 5.78. The number of carbonyl (C=O) groups excluding carboxylic acids is 4. The Balaban J connectivity index is 2.93. The zero-order valence-electron chi connectivity index (χ0n) is 40.3. The molecular formula is C50H89NO11. The molecule has 0 aliphatic carbocycles. The average Bonchev–Trinajstić information content (AvgIpc) is 3.28. The molecule has 1 aliphatic heterocycles. The van der Waals surface area contributed by atoms with E-state index in [0.29, 0.717) is 25.7 Å². The first-order valence-corrected chi connectivity index (χ1v) is 24.8. The molecule has 0 bridgehead atoms. The summed E-state index contributed by atoms with van der Waals surface area (Å²) in [5, 5.41) is 0. The second-order valence-electron chi connectivity index (χ2n) is 16.9. The Morgan fingerprint density at radius 1 is 0.694 bits per heavy atom. The summed E-state index contributed by atoms with van der Waals surface area (Å²) >= 11 is 0. The SMILES string of the molecule is CC/C=C\CCCCOC(CC)(OCCCC/C=C\CC)C(=O)OC(OC(=O)OCC1CCCN(CC)C1)C(C)COC(=O)CCCCC(=O)OC(CC)CCCCCCCC. The fourth-order valence-electron chi connectivity index (χ4n) is 7.28. The molecule has 1 saturated heterocycles. The van der Waals surface area contributed by atoms with E-state index in [1.807, 2.05) is 6.92 Å². The van der Waals surface area contributed by atoms with Gasteiger partial charge in [0, 0.05) is 31.7 Å². The van der Waals surface area contributed by atoms with E-state index >= 15 is 0 Å². The number of hydrogen-bond donors (Lipinski definition) is 0. The number of allylic oxidation sites excluding steroid dienone is 4. The van der Waals surface area contributed by atoms with Crippen molar-refractivity contribution in [1.29, 1.82) is 0 Å². The van der Waals surface area contributed by atoms with Crippen molar-refractivity contribution in [3.05, 3.63) is 24.3 Å². The topological polar surface area (TPSA) is 136 Å². The molecule has 0 aromatic carbocycles. The van der Waals surface area contributed by atoms with Gasteiger partial charge in [-0.2, -0.15) is 0 Å². The average molecular weight is 880 g/mol. The summed E-state index contributed by atoms with van der Waals surface area (Å²) in [4.78, 5) is 55.1. The summed E-state index contributed by atoms with van der Waals surface area (Å²) < 4.78 is 41.0. The van der Waals surface area contributed by atoms with Gasteiger partial charge in [-0.1, -0.05) is 105 Å². The Kier molecular flexibility index (Phi) is 34.4. The van der Waals surface area contributed by atoms with Gasteiger partial charge in [0.2, 0.25) is 0 Å². The van der Waals surface area contributed by atoms with E-state index in [1.54, 1.807) is 13.8 Å². The molecule has 0 aromatic rings. The van der Waals surface area contributed by atoms with Crippen LogP contribution in [0.1, 0.15) is 196 Å². The second-order valence-corrected chi connectivity index (χ2v) is 16.9. The lowest BCUT2D eigenvalue weighted by molar-refractivity contribution is -0.266. The molecule has 0 saturated carbocycles. The lowest BCUT2D eigenvalue weighted by Crippen LogP contribution is -2.48. The number of piperidine rings is 1. The molecule has 4 atom stereocenters. The van der Waals surface area contributed by atoms with Crippen LogP contribution < -0.4 is 0 Å². The van der Waals surface area contributed by atoms with Crippen LogP contribution in [0.4, 0.5) is 4.79 Å². The lowest BCUT2D eigenvalue weighted by Gasteiger charge is -2.33. The van der Waals surface area contributed by atoms with E-state index in [0.717, 1.165) is 96.7 Å². The van der Waals surface area contributed by atoms with Crippen LogP contribution in [-0.2, 0) is 47.5 Å².